The van der Waals surface area contributed by atoms with E-state index in [1.165, 1.54) is 5.69 Å². The van der Waals surface area contributed by atoms with Crippen molar-refractivity contribution >= 4 is 11.7 Å². The van der Waals surface area contributed by atoms with Crippen LogP contribution in [0.4, 0.5) is 5.69 Å². The highest BCUT2D eigenvalue weighted by molar-refractivity contribution is 5.67. The zero-order valence-electron chi connectivity index (χ0n) is 13.7. The molecule has 5 heteroatoms. The van der Waals surface area contributed by atoms with E-state index in [9.17, 15) is 4.79 Å². The van der Waals surface area contributed by atoms with Crippen LogP contribution in [-0.4, -0.2) is 43.5 Å². The van der Waals surface area contributed by atoms with Crippen molar-refractivity contribution in [2.75, 3.05) is 31.7 Å². The van der Waals surface area contributed by atoms with Crippen LogP contribution in [0.2, 0.25) is 0 Å². The summed E-state index contributed by atoms with van der Waals surface area (Å²) in [4.78, 5) is 13.2. The summed E-state index contributed by atoms with van der Waals surface area (Å²) in [5, 5.41) is 8.90. The molecule has 1 aromatic rings. The van der Waals surface area contributed by atoms with E-state index in [2.05, 4.69) is 17.0 Å². The Labute approximate surface area is 137 Å². The highest BCUT2D eigenvalue weighted by Crippen LogP contribution is 2.38. The zero-order chi connectivity index (χ0) is 16.3. The number of hydrogen-bond donors (Lipinski definition) is 1. The number of benzene rings is 1. The van der Waals surface area contributed by atoms with Crippen molar-refractivity contribution < 1.29 is 19.4 Å². The van der Waals surface area contributed by atoms with Crippen molar-refractivity contribution in [2.24, 2.45) is 5.92 Å². The normalized spacial score (nSPS) is 23.7. The van der Waals surface area contributed by atoms with Gasteiger partial charge in [-0.05, 0) is 43.7 Å². The van der Waals surface area contributed by atoms with E-state index in [0.717, 1.165) is 44.5 Å². The van der Waals surface area contributed by atoms with E-state index in [-0.39, 0.29) is 17.9 Å². The van der Waals surface area contributed by atoms with Gasteiger partial charge >= 0.3 is 5.97 Å². The molecule has 0 aliphatic carbocycles. The summed E-state index contributed by atoms with van der Waals surface area (Å²) in [6.45, 7) is 2.53. The van der Waals surface area contributed by atoms with Crippen LogP contribution in [0.3, 0.4) is 0 Å². The van der Waals surface area contributed by atoms with Crippen LogP contribution in [0.1, 0.15) is 32.1 Å². The molecule has 2 aliphatic rings. The molecule has 0 radical (unpaired) electrons. The molecule has 1 unspecified atom stereocenters. The summed E-state index contributed by atoms with van der Waals surface area (Å²) in [6, 6.07) is 8.17. The lowest BCUT2D eigenvalue weighted by atomic mass is 9.81. The molecular weight excluding hydrogens is 294 g/mol. The smallest absolute Gasteiger partial charge is 0.303 e. The Morgan fingerprint density at radius 2 is 2.17 bits per heavy atom. The highest BCUT2D eigenvalue weighted by atomic mass is 16.5. The molecule has 2 heterocycles. The SMILES string of the molecule is COc1cccc(N2CCC3(CCC(CC(=O)O)CO3)CC2)c1. The van der Waals surface area contributed by atoms with E-state index < -0.39 is 5.97 Å². The average molecular weight is 319 g/mol. The molecule has 3 rings (SSSR count). The van der Waals surface area contributed by atoms with Gasteiger partial charge in [-0.2, -0.15) is 0 Å². The summed E-state index contributed by atoms with van der Waals surface area (Å²) in [5.74, 6) is 0.338. The van der Waals surface area contributed by atoms with E-state index in [0.29, 0.717) is 6.61 Å². The number of methoxy groups -OCH3 is 1. The third kappa shape index (κ3) is 3.78. The third-order valence-electron chi connectivity index (χ3n) is 5.19. The number of nitrogens with zero attached hydrogens (tertiary/aromatic N) is 1. The molecule has 126 valence electrons. The van der Waals surface area contributed by atoms with Crippen molar-refractivity contribution in [3.63, 3.8) is 0 Å². The second-order valence-electron chi connectivity index (χ2n) is 6.69. The van der Waals surface area contributed by atoms with Gasteiger partial charge in [-0.3, -0.25) is 4.79 Å². The minimum absolute atomic E-state index is 0.0373. The topological polar surface area (TPSA) is 59.0 Å². The number of carboxylic acids is 1. The van der Waals surface area contributed by atoms with E-state index in [4.69, 9.17) is 14.6 Å². The predicted octanol–water partition coefficient (Wildman–Crippen LogP) is 2.94. The fourth-order valence-electron chi connectivity index (χ4n) is 3.70. The van der Waals surface area contributed by atoms with Gasteiger partial charge in [0, 0.05) is 24.8 Å². The van der Waals surface area contributed by atoms with Crippen molar-refractivity contribution in [3.05, 3.63) is 24.3 Å². The molecule has 2 saturated heterocycles. The van der Waals surface area contributed by atoms with Crippen molar-refractivity contribution in [2.45, 2.75) is 37.7 Å². The second-order valence-corrected chi connectivity index (χ2v) is 6.69. The highest BCUT2D eigenvalue weighted by Gasteiger charge is 2.39. The number of carbonyl (C=O) groups is 1. The van der Waals surface area contributed by atoms with Crippen LogP contribution in [0.25, 0.3) is 0 Å². The van der Waals surface area contributed by atoms with Gasteiger partial charge in [0.15, 0.2) is 0 Å². The standard InChI is InChI=1S/C18H25NO4/c1-22-16-4-2-3-15(12-16)19-9-7-18(8-10-19)6-5-14(13-23-18)11-17(20)21/h2-4,12,14H,5-11,13H2,1H3,(H,20,21). The van der Waals surface area contributed by atoms with Crippen LogP contribution in [-0.2, 0) is 9.53 Å². The van der Waals surface area contributed by atoms with Crippen LogP contribution < -0.4 is 9.64 Å². The minimum Gasteiger partial charge on any atom is -0.497 e. The molecule has 0 amide bonds. The number of aliphatic carboxylic acids is 1. The van der Waals surface area contributed by atoms with Crippen LogP contribution in [0.5, 0.6) is 5.75 Å². The quantitative estimate of drug-likeness (QED) is 0.924. The van der Waals surface area contributed by atoms with Gasteiger partial charge in [0.2, 0.25) is 0 Å². The molecule has 1 atom stereocenters. The first kappa shape index (κ1) is 16.1. The molecule has 2 fully saturated rings. The van der Waals surface area contributed by atoms with Gasteiger partial charge in [-0.15, -0.1) is 0 Å². The van der Waals surface area contributed by atoms with Gasteiger partial charge < -0.3 is 19.5 Å². The number of hydrogen-bond acceptors (Lipinski definition) is 4. The Hall–Kier alpha value is -1.75. The summed E-state index contributed by atoms with van der Waals surface area (Å²) < 4.78 is 11.4. The maximum absolute atomic E-state index is 10.8. The number of carboxylic acid groups (broad SMARTS) is 1. The largest absolute Gasteiger partial charge is 0.497 e. The molecule has 0 saturated carbocycles. The van der Waals surface area contributed by atoms with E-state index in [1.54, 1.807) is 7.11 Å². The molecule has 0 aromatic heterocycles. The van der Waals surface area contributed by atoms with Gasteiger partial charge in [0.25, 0.3) is 0 Å². The van der Waals surface area contributed by atoms with Crippen LogP contribution in [0, 0.1) is 5.92 Å². The number of anilines is 1. The first-order valence-corrected chi connectivity index (χ1v) is 8.35. The average Bonchev–Trinajstić information content (AvgIpc) is 2.57. The molecule has 0 bridgehead atoms. The summed E-state index contributed by atoms with van der Waals surface area (Å²) >= 11 is 0. The maximum atomic E-state index is 10.8. The number of rotatable bonds is 4. The summed E-state index contributed by atoms with van der Waals surface area (Å²) in [7, 11) is 1.69. The fraction of sp³-hybridized carbons (Fsp3) is 0.611. The Balaban J connectivity index is 1.55. The van der Waals surface area contributed by atoms with Gasteiger partial charge in [0.05, 0.1) is 25.7 Å². The van der Waals surface area contributed by atoms with Crippen molar-refractivity contribution in [3.8, 4) is 5.75 Å². The van der Waals surface area contributed by atoms with Crippen molar-refractivity contribution in [1.29, 1.82) is 0 Å². The first-order chi connectivity index (χ1) is 11.1. The predicted molar refractivity (Wildman–Crippen MR) is 88.1 cm³/mol. The van der Waals surface area contributed by atoms with Crippen molar-refractivity contribution in [1.82, 2.24) is 0 Å². The van der Waals surface area contributed by atoms with Gasteiger partial charge in [-0.1, -0.05) is 6.07 Å². The first-order valence-electron chi connectivity index (χ1n) is 8.35. The molecule has 1 spiro atoms. The Morgan fingerprint density at radius 1 is 1.39 bits per heavy atom. The minimum atomic E-state index is -0.720. The molecule has 1 aromatic carbocycles. The molecule has 1 N–H and O–H groups in total. The molecular formula is C18H25NO4. The summed E-state index contributed by atoms with van der Waals surface area (Å²) in [5.41, 5.74) is 1.16. The molecule has 5 nitrogen and oxygen atoms in total. The Bertz CT molecular complexity index is 542. The Kier molecular flexibility index (Phi) is 4.76. The van der Waals surface area contributed by atoms with E-state index >= 15 is 0 Å². The lowest BCUT2D eigenvalue weighted by Crippen LogP contribution is -2.49. The van der Waals surface area contributed by atoms with Crippen LogP contribution in [0.15, 0.2) is 24.3 Å². The molecule has 2 aliphatic heterocycles. The van der Waals surface area contributed by atoms with E-state index in [1.807, 2.05) is 12.1 Å². The number of piperidine rings is 1. The second kappa shape index (κ2) is 6.79. The molecule has 23 heavy (non-hydrogen) atoms. The zero-order valence-corrected chi connectivity index (χ0v) is 13.7. The maximum Gasteiger partial charge on any atom is 0.303 e. The Morgan fingerprint density at radius 3 is 2.78 bits per heavy atom. The van der Waals surface area contributed by atoms with Crippen LogP contribution >= 0.6 is 0 Å². The monoisotopic (exact) mass is 319 g/mol. The number of ether oxygens (including phenoxy) is 2. The van der Waals surface area contributed by atoms with Gasteiger partial charge in [0.1, 0.15) is 5.75 Å². The lowest BCUT2D eigenvalue weighted by molar-refractivity contribution is -0.145. The van der Waals surface area contributed by atoms with Gasteiger partial charge in [-0.25, -0.2) is 0 Å². The summed E-state index contributed by atoms with van der Waals surface area (Å²) in [6.07, 6.45) is 4.18. The lowest BCUT2D eigenvalue weighted by Gasteiger charge is -2.46. The third-order valence-corrected chi connectivity index (χ3v) is 5.19. The fourth-order valence-corrected chi connectivity index (χ4v) is 3.70.